The molecule has 0 aliphatic carbocycles. The topological polar surface area (TPSA) is 15.3 Å². The quantitative estimate of drug-likeness (QED) is 0.756. The van der Waals surface area contributed by atoms with Crippen molar-refractivity contribution in [2.75, 3.05) is 25.9 Å². The zero-order valence-corrected chi connectivity index (χ0v) is 12.9. The van der Waals surface area contributed by atoms with Gasteiger partial charge >= 0.3 is 0 Å². The Morgan fingerprint density at radius 3 is 2.76 bits per heavy atom. The average Bonchev–Trinajstić information content (AvgIpc) is 2.36. The molecule has 1 saturated heterocycles. The van der Waals surface area contributed by atoms with Gasteiger partial charge in [0.15, 0.2) is 0 Å². The highest BCUT2D eigenvalue weighted by Crippen LogP contribution is 2.16. The van der Waals surface area contributed by atoms with Gasteiger partial charge in [0.2, 0.25) is 0 Å². The van der Waals surface area contributed by atoms with Crippen LogP contribution in [-0.2, 0) is 0 Å². The smallest absolute Gasteiger partial charge is 0.0218 e. The van der Waals surface area contributed by atoms with E-state index in [9.17, 15) is 0 Å². The molecule has 0 bridgehead atoms. The number of thioether (sulfide) groups is 1. The first-order chi connectivity index (χ1) is 8.21. The number of nitrogens with one attached hydrogen (secondary N) is 1. The first-order valence-electron chi connectivity index (χ1n) is 7.21. The minimum absolute atomic E-state index is 0.729. The van der Waals surface area contributed by atoms with Crippen LogP contribution in [0.5, 0.6) is 0 Å². The van der Waals surface area contributed by atoms with Gasteiger partial charge in [0.25, 0.3) is 0 Å². The Kier molecular flexibility index (Phi) is 7.56. The van der Waals surface area contributed by atoms with Crippen LogP contribution in [0.4, 0.5) is 0 Å². The van der Waals surface area contributed by atoms with E-state index < -0.39 is 0 Å². The Hall–Kier alpha value is 0.270. The highest BCUT2D eigenvalue weighted by Gasteiger charge is 2.25. The van der Waals surface area contributed by atoms with Crippen molar-refractivity contribution in [2.24, 2.45) is 0 Å². The van der Waals surface area contributed by atoms with Crippen molar-refractivity contribution >= 4 is 11.8 Å². The first kappa shape index (κ1) is 15.3. The average molecular weight is 258 g/mol. The Bertz CT molecular complexity index is 199. The predicted molar refractivity (Wildman–Crippen MR) is 79.9 cm³/mol. The van der Waals surface area contributed by atoms with E-state index in [1.807, 2.05) is 11.8 Å². The van der Waals surface area contributed by atoms with E-state index in [1.54, 1.807) is 0 Å². The summed E-state index contributed by atoms with van der Waals surface area (Å²) in [6.07, 6.45) is 7.45. The Labute approximate surface area is 112 Å². The molecule has 0 aromatic heterocycles. The van der Waals surface area contributed by atoms with E-state index in [2.05, 4.69) is 37.2 Å². The lowest BCUT2D eigenvalue weighted by Gasteiger charge is -2.40. The van der Waals surface area contributed by atoms with Crippen molar-refractivity contribution in [1.82, 2.24) is 10.2 Å². The minimum Gasteiger partial charge on any atom is -0.311 e. The fraction of sp³-hybridized carbons (Fsp3) is 1.00. The van der Waals surface area contributed by atoms with Crippen LogP contribution in [0.25, 0.3) is 0 Å². The van der Waals surface area contributed by atoms with E-state index in [0.717, 1.165) is 17.3 Å². The zero-order chi connectivity index (χ0) is 12.7. The van der Waals surface area contributed by atoms with Crippen LogP contribution in [0, 0.1) is 0 Å². The number of hydrogen-bond donors (Lipinski definition) is 1. The van der Waals surface area contributed by atoms with E-state index >= 15 is 0 Å². The Balaban J connectivity index is 2.39. The van der Waals surface area contributed by atoms with Crippen LogP contribution in [0.1, 0.15) is 46.5 Å². The van der Waals surface area contributed by atoms with Gasteiger partial charge in [0.05, 0.1) is 0 Å². The molecule has 3 atom stereocenters. The standard InChI is InChI=1S/C14H30N2S/c1-5-7-13-11-16(9-8-12(3)17-4)14(6-2)10-15-13/h12-15H,5-11H2,1-4H3. The van der Waals surface area contributed by atoms with Gasteiger partial charge in [-0.2, -0.15) is 11.8 Å². The monoisotopic (exact) mass is 258 g/mol. The van der Waals surface area contributed by atoms with Gasteiger partial charge in [0, 0.05) is 30.4 Å². The Morgan fingerprint density at radius 1 is 1.41 bits per heavy atom. The molecule has 1 fully saturated rings. The van der Waals surface area contributed by atoms with Gasteiger partial charge in [-0.25, -0.2) is 0 Å². The highest BCUT2D eigenvalue weighted by atomic mass is 32.2. The molecule has 17 heavy (non-hydrogen) atoms. The van der Waals surface area contributed by atoms with Crippen LogP contribution in [0.15, 0.2) is 0 Å². The van der Waals surface area contributed by atoms with Gasteiger partial charge in [0.1, 0.15) is 0 Å². The maximum absolute atomic E-state index is 3.71. The summed E-state index contributed by atoms with van der Waals surface area (Å²) in [4.78, 5) is 2.73. The van der Waals surface area contributed by atoms with Crippen molar-refractivity contribution in [2.45, 2.75) is 63.8 Å². The lowest BCUT2D eigenvalue weighted by Crippen LogP contribution is -2.56. The van der Waals surface area contributed by atoms with Crippen molar-refractivity contribution in [1.29, 1.82) is 0 Å². The van der Waals surface area contributed by atoms with Crippen LogP contribution in [-0.4, -0.2) is 48.1 Å². The SMILES string of the molecule is CCCC1CN(CCC(C)SC)C(CC)CN1. The molecule has 102 valence electrons. The summed E-state index contributed by atoms with van der Waals surface area (Å²) in [5.41, 5.74) is 0. The van der Waals surface area contributed by atoms with E-state index in [0.29, 0.717) is 0 Å². The van der Waals surface area contributed by atoms with Crippen LogP contribution in [0.2, 0.25) is 0 Å². The number of rotatable bonds is 7. The summed E-state index contributed by atoms with van der Waals surface area (Å²) in [5, 5.41) is 4.50. The largest absolute Gasteiger partial charge is 0.311 e. The molecule has 0 aromatic carbocycles. The minimum atomic E-state index is 0.729. The zero-order valence-electron chi connectivity index (χ0n) is 12.0. The summed E-state index contributed by atoms with van der Waals surface area (Å²) < 4.78 is 0. The van der Waals surface area contributed by atoms with Gasteiger partial charge < -0.3 is 5.32 Å². The Morgan fingerprint density at radius 2 is 2.18 bits per heavy atom. The molecule has 0 amide bonds. The predicted octanol–water partition coefficient (Wildman–Crippen LogP) is 2.98. The van der Waals surface area contributed by atoms with Crippen molar-refractivity contribution in [3.63, 3.8) is 0 Å². The lowest BCUT2D eigenvalue weighted by molar-refractivity contribution is 0.122. The van der Waals surface area contributed by atoms with Crippen molar-refractivity contribution in [3.8, 4) is 0 Å². The molecule has 0 saturated carbocycles. The summed E-state index contributed by atoms with van der Waals surface area (Å²) in [5.74, 6) is 0. The molecule has 3 unspecified atom stereocenters. The third kappa shape index (κ3) is 5.19. The molecule has 0 aromatic rings. The molecule has 1 aliphatic rings. The number of nitrogens with zero attached hydrogens (tertiary/aromatic N) is 1. The highest BCUT2D eigenvalue weighted by molar-refractivity contribution is 7.99. The second-order valence-corrected chi connectivity index (χ2v) is 6.56. The van der Waals surface area contributed by atoms with Gasteiger partial charge in [-0.15, -0.1) is 0 Å². The maximum atomic E-state index is 3.71. The van der Waals surface area contributed by atoms with Crippen molar-refractivity contribution < 1.29 is 0 Å². The molecule has 0 radical (unpaired) electrons. The normalized spacial score (nSPS) is 28.2. The summed E-state index contributed by atoms with van der Waals surface area (Å²) in [6.45, 7) is 10.7. The van der Waals surface area contributed by atoms with E-state index in [4.69, 9.17) is 0 Å². The van der Waals surface area contributed by atoms with Gasteiger partial charge in [-0.05, 0) is 32.1 Å². The molecule has 1 N–H and O–H groups in total. The molecule has 1 heterocycles. The molecule has 2 nitrogen and oxygen atoms in total. The van der Waals surface area contributed by atoms with Gasteiger partial charge in [-0.3, -0.25) is 4.90 Å². The fourth-order valence-corrected chi connectivity index (χ4v) is 2.95. The molecule has 0 spiro atoms. The maximum Gasteiger partial charge on any atom is 0.0218 e. The lowest BCUT2D eigenvalue weighted by atomic mass is 10.0. The molecular weight excluding hydrogens is 228 g/mol. The second-order valence-electron chi connectivity index (χ2n) is 5.29. The summed E-state index contributed by atoms with van der Waals surface area (Å²) in [7, 11) is 0. The third-order valence-corrected chi connectivity index (χ3v) is 4.99. The molecule has 3 heteroatoms. The fourth-order valence-electron chi connectivity index (χ4n) is 2.61. The third-order valence-electron chi connectivity index (χ3n) is 3.95. The molecule has 1 aliphatic heterocycles. The van der Waals surface area contributed by atoms with Crippen LogP contribution >= 0.6 is 11.8 Å². The van der Waals surface area contributed by atoms with Crippen molar-refractivity contribution in [3.05, 3.63) is 0 Å². The van der Waals surface area contributed by atoms with E-state index in [1.165, 1.54) is 45.3 Å². The van der Waals surface area contributed by atoms with Crippen LogP contribution < -0.4 is 5.32 Å². The summed E-state index contributed by atoms with van der Waals surface area (Å²) >= 11 is 1.99. The second kappa shape index (κ2) is 8.39. The first-order valence-corrected chi connectivity index (χ1v) is 8.50. The molecular formula is C14H30N2S. The van der Waals surface area contributed by atoms with E-state index in [-0.39, 0.29) is 0 Å². The molecule has 1 rings (SSSR count). The van der Waals surface area contributed by atoms with Gasteiger partial charge in [-0.1, -0.05) is 27.2 Å². The number of piperazine rings is 1. The van der Waals surface area contributed by atoms with Crippen LogP contribution in [0.3, 0.4) is 0 Å². The summed E-state index contributed by atoms with van der Waals surface area (Å²) in [6, 6.07) is 1.49. The number of hydrogen-bond acceptors (Lipinski definition) is 3.